The highest BCUT2D eigenvalue weighted by Gasteiger charge is 2.48. The Kier molecular flexibility index (Phi) is 6.31. The van der Waals surface area contributed by atoms with Crippen LogP contribution in [0.15, 0.2) is 24.3 Å². The fourth-order valence-electron chi connectivity index (χ4n) is 2.35. The van der Waals surface area contributed by atoms with E-state index in [1.165, 1.54) is 0 Å². The van der Waals surface area contributed by atoms with Gasteiger partial charge in [-0.25, -0.2) is 0 Å². The fourth-order valence-corrected chi connectivity index (χ4v) is 2.35. The molecule has 2 amide bonds. The first-order valence-corrected chi connectivity index (χ1v) is 8.02. The second-order valence-electron chi connectivity index (χ2n) is 5.66. The van der Waals surface area contributed by atoms with Crippen molar-refractivity contribution in [3.05, 3.63) is 29.8 Å². The summed E-state index contributed by atoms with van der Waals surface area (Å²) in [5, 5.41) is 14.3. The molecule has 0 aliphatic heterocycles. The number of anilines is 1. The predicted molar refractivity (Wildman–Crippen MR) is 87.7 cm³/mol. The number of carboxylic acids is 1. The molecule has 130 valence electrons. The van der Waals surface area contributed by atoms with Crippen LogP contribution in [0.4, 0.5) is 5.69 Å². The molecule has 1 aromatic rings. The maximum atomic E-state index is 12.1. The highest BCUT2D eigenvalue weighted by Crippen LogP contribution is 2.39. The fraction of sp³-hybridized carbons (Fsp3) is 0.471. The molecule has 1 aromatic carbocycles. The zero-order valence-corrected chi connectivity index (χ0v) is 13.6. The van der Waals surface area contributed by atoms with E-state index in [2.05, 4.69) is 10.6 Å². The highest BCUT2D eigenvalue weighted by atomic mass is 16.5. The molecule has 7 heteroatoms. The first kappa shape index (κ1) is 17.9. The minimum absolute atomic E-state index is 0.225. The summed E-state index contributed by atoms with van der Waals surface area (Å²) in [7, 11) is 0. The van der Waals surface area contributed by atoms with Crippen molar-refractivity contribution in [2.24, 2.45) is 11.8 Å². The van der Waals surface area contributed by atoms with E-state index < -0.39 is 17.8 Å². The summed E-state index contributed by atoms with van der Waals surface area (Å²) in [6.07, 6.45) is 1.09. The van der Waals surface area contributed by atoms with Gasteiger partial charge in [0.15, 0.2) is 0 Å². The van der Waals surface area contributed by atoms with Crippen molar-refractivity contribution in [3.63, 3.8) is 0 Å². The van der Waals surface area contributed by atoms with Crippen LogP contribution in [-0.2, 0) is 14.3 Å². The number of amides is 2. The summed E-state index contributed by atoms with van der Waals surface area (Å²) < 4.78 is 5.20. The van der Waals surface area contributed by atoms with Gasteiger partial charge in [0.25, 0.3) is 5.91 Å². The van der Waals surface area contributed by atoms with Crippen molar-refractivity contribution < 1.29 is 24.2 Å². The van der Waals surface area contributed by atoms with Crippen LogP contribution in [0.2, 0.25) is 0 Å². The lowest BCUT2D eigenvalue weighted by Gasteiger charge is -2.08. The first-order chi connectivity index (χ1) is 11.5. The molecule has 7 nitrogen and oxygen atoms in total. The second kappa shape index (κ2) is 8.44. The lowest BCUT2D eigenvalue weighted by Crippen LogP contribution is -2.25. The third-order valence-corrected chi connectivity index (χ3v) is 3.79. The zero-order chi connectivity index (χ0) is 17.5. The SMILES string of the molecule is CCOCCCNC(=O)c1cccc(NC(=O)C2CC2C(=O)O)c1. The molecule has 0 heterocycles. The Morgan fingerprint density at radius 1 is 1.29 bits per heavy atom. The number of rotatable bonds is 9. The molecule has 2 unspecified atom stereocenters. The lowest BCUT2D eigenvalue weighted by molar-refractivity contribution is -0.139. The zero-order valence-electron chi connectivity index (χ0n) is 13.6. The third kappa shape index (κ3) is 5.06. The molecule has 3 N–H and O–H groups in total. The molecule has 0 bridgehead atoms. The van der Waals surface area contributed by atoms with Gasteiger partial charge in [-0.05, 0) is 38.0 Å². The van der Waals surface area contributed by atoms with Crippen LogP contribution in [-0.4, -0.2) is 42.6 Å². The van der Waals surface area contributed by atoms with Gasteiger partial charge < -0.3 is 20.5 Å². The molecule has 0 radical (unpaired) electrons. The normalized spacial score (nSPS) is 18.7. The average Bonchev–Trinajstić information content (AvgIpc) is 3.36. The van der Waals surface area contributed by atoms with Gasteiger partial charge in [-0.2, -0.15) is 0 Å². The summed E-state index contributed by atoms with van der Waals surface area (Å²) in [5.41, 5.74) is 0.924. The number of carbonyl (C=O) groups is 3. The van der Waals surface area contributed by atoms with E-state index in [4.69, 9.17) is 9.84 Å². The van der Waals surface area contributed by atoms with Crippen molar-refractivity contribution in [2.75, 3.05) is 25.1 Å². The number of hydrogen-bond acceptors (Lipinski definition) is 4. The van der Waals surface area contributed by atoms with Crippen LogP contribution < -0.4 is 10.6 Å². The number of ether oxygens (including phenoxy) is 1. The largest absolute Gasteiger partial charge is 0.481 e. The Morgan fingerprint density at radius 2 is 2.08 bits per heavy atom. The molecule has 0 spiro atoms. The standard InChI is InChI=1S/C17H22N2O5/c1-2-24-8-4-7-18-15(20)11-5-3-6-12(9-11)19-16(21)13-10-14(13)17(22)23/h3,5-6,9,13-14H,2,4,7-8,10H2,1H3,(H,18,20)(H,19,21)(H,22,23). The molecule has 1 fully saturated rings. The minimum Gasteiger partial charge on any atom is -0.481 e. The maximum absolute atomic E-state index is 12.1. The summed E-state index contributed by atoms with van der Waals surface area (Å²) in [6.45, 7) is 3.68. The van der Waals surface area contributed by atoms with Gasteiger partial charge in [-0.1, -0.05) is 6.07 Å². The Morgan fingerprint density at radius 3 is 2.75 bits per heavy atom. The van der Waals surface area contributed by atoms with E-state index in [0.717, 1.165) is 6.42 Å². The van der Waals surface area contributed by atoms with Crippen molar-refractivity contribution in [1.29, 1.82) is 0 Å². The van der Waals surface area contributed by atoms with Gasteiger partial charge >= 0.3 is 5.97 Å². The summed E-state index contributed by atoms with van der Waals surface area (Å²) in [4.78, 5) is 34.8. The van der Waals surface area contributed by atoms with E-state index in [-0.39, 0.29) is 11.8 Å². The average molecular weight is 334 g/mol. The van der Waals surface area contributed by atoms with Crippen LogP contribution in [0.25, 0.3) is 0 Å². The molecule has 1 saturated carbocycles. The topological polar surface area (TPSA) is 105 Å². The summed E-state index contributed by atoms with van der Waals surface area (Å²) in [5.74, 6) is -2.58. The number of hydrogen-bond donors (Lipinski definition) is 3. The number of aliphatic carboxylic acids is 1. The minimum atomic E-state index is -0.949. The molecular weight excluding hydrogens is 312 g/mol. The molecule has 2 rings (SSSR count). The van der Waals surface area contributed by atoms with E-state index >= 15 is 0 Å². The number of nitrogens with one attached hydrogen (secondary N) is 2. The van der Waals surface area contributed by atoms with Gasteiger partial charge in [0.1, 0.15) is 0 Å². The molecule has 2 atom stereocenters. The highest BCUT2D eigenvalue weighted by molar-refractivity contribution is 6.00. The van der Waals surface area contributed by atoms with Crippen LogP contribution in [0.5, 0.6) is 0 Å². The van der Waals surface area contributed by atoms with Gasteiger partial charge in [0.2, 0.25) is 5.91 Å². The van der Waals surface area contributed by atoms with Gasteiger partial charge in [-0.3, -0.25) is 14.4 Å². The van der Waals surface area contributed by atoms with Gasteiger partial charge in [-0.15, -0.1) is 0 Å². The second-order valence-corrected chi connectivity index (χ2v) is 5.66. The van der Waals surface area contributed by atoms with E-state index in [1.54, 1.807) is 24.3 Å². The molecular formula is C17H22N2O5. The van der Waals surface area contributed by atoms with Crippen LogP contribution in [0.3, 0.4) is 0 Å². The van der Waals surface area contributed by atoms with Crippen molar-refractivity contribution >= 4 is 23.5 Å². The third-order valence-electron chi connectivity index (χ3n) is 3.79. The first-order valence-electron chi connectivity index (χ1n) is 8.02. The monoisotopic (exact) mass is 334 g/mol. The van der Waals surface area contributed by atoms with Gasteiger partial charge in [0.05, 0.1) is 11.8 Å². The number of carboxylic acid groups (broad SMARTS) is 1. The van der Waals surface area contributed by atoms with Crippen molar-refractivity contribution in [3.8, 4) is 0 Å². The molecule has 1 aliphatic carbocycles. The van der Waals surface area contributed by atoms with Crippen LogP contribution >= 0.6 is 0 Å². The van der Waals surface area contributed by atoms with E-state index in [9.17, 15) is 14.4 Å². The van der Waals surface area contributed by atoms with E-state index in [0.29, 0.717) is 37.4 Å². The number of carbonyl (C=O) groups excluding carboxylic acids is 2. The molecule has 0 saturated heterocycles. The Bertz CT molecular complexity index is 617. The van der Waals surface area contributed by atoms with Crippen molar-refractivity contribution in [1.82, 2.24) is 5.32 Å². The van der Waals surface area contributed by atoms with Crippen LogP contribution in [0, 0.1) is 11.8 Å². The lowest BCUT2D eigenvalue weighted by atomic mass is 10.1. The van der Waals surface area contributed by atoms with Crippen LogP contribution in [0.1, 0.15) is 30.1 Å². The van der Waals surface area contributed by atoms with Crippen molar-refractivity contribution in [2.45, 2.75) is 19.8 Å². The Labute approximate surface area is 140 Å². The van der Waals surface area contributed by atoms with E-state index in [1.807, 2.05) is 6.92 Å². The molecule has 24 heavy (non-hydrogen) atoms. The predicted octanol–water partition coefficient (Wildman–Crippen LogP) is 1.50. The Balaban J connectivity index is 1.83. The maximum Gasteiger partial charge on any atom is 0.307 e. The number of benzene rings is 1. The quantitative estimate of drug-likeness (QED) is 0.594. The summed E-state index contributed by atoms with van der Waals surface area (Å²) in [6, 6.07) is 6.58. The van der Waals surface area contributed by atoms with Gasteiger partial charge in [0, 0.05) is 31.0 Å². The molecule has 1 aliphatic rings. The Hall–Kier alpha value is -2.41. The summed E-state index contributed by atoms with van der Waals surface area (Å²) >= 11 is 0. The molecule has 0 aromatic heterocycles. The smallest absolute Gasteiger partial charge is 0.307 e.